The highest BCUT2D eigenvalue weighted by Crippen LogP contribution is 2.50. The Kier molecular flexibility index (Phi) is 5.89. The van der Waals surface area contributed by atoms with Gasteiger partial charge in [-0.3, -0.25) is 0 Å². The second-order valence-electron chi connectivity index (χ2n) is 8.19. The van der Waals surface area contributed by atoms with Gasteiger partial charge in [-0.25, -0.2) is 4.79 Å². The number of benzene rings is 4. The fraction of sp³-hybridized carbons (Fsp3) is 0.107. The van der Waals surface area contributed by atoms with Crippen LogP contribution in [0.25, 0.3) is 0 Å². The summed E-state index contributed by atoms with van der Waals surface area (Å²) in [4.78, 5) is 12.6. The largest absolute Gasteiger partial charge is 0.465 e. The molecule has 0 bridgehead atoms. The van der Waals surface area contributed by atoms with Crippen molar-refractivity contribution in [2.75, 3.05) is 7.11 Å². The minimum absolute atomic E-state index is 0.0514. The molecule has 1 aliphatic heterocycles. The molecule has 5 rings (SSSR count). The summed E-state index contributed by atoms with van der Waals surface area (Å²) in [7, 11) is -3.05. The molecule has 7 nitrogen and oxygen atoms in total. The number of hydrogen-bond acceptors (Lipinski definition) is 7. The fourth-order valence-corrected chi connectivity index (χ4v) is 4.90. The maximum absolute atomic E-state index is 13.0. The summed E-state index contributed by atoms with van der Waals surface area (Å²) in [5.41, 5.74) is 2.20. The highest BCUT2D eigenvalue weighted by atomic mass is 32.2. The summed E-state index contributed by atoms with van der Waals surface area (Å²) in [6.45, 7) is 1.84. The van der Waals surface area contributed by atoms with Crippen LogP contribution in [0.5, 0.6) is 17.2 Å². The maximum atomic E-state index is 13.0. The van der Waals surface area contributed by atoms with Gasteiger partial charge in [0.05, 0.1) is 7.11 Å². The zero-order valence-corrected chi connectivity index (χ0v) is 20.3. The van der Waals surface area contributed by atoms with Gasteiger partial charge in [0.2, 0.25) is 0 Å². The van der Waals surface area contributed by atoms with Crippen molar-refractivity contribution >= 4 is 16.1 Å². The Hall–Kier alpha value is -4.30. The summed E-state index contributed by atoms with van der Waals surface area (Å²) in [6.07, 6.45) is 0. The Morgan fingerprint density at radius 3 is 1.83 bits per heavy atom. The second-order valence-corrected chi connectivity index (χ2v) is 9.74. The molecule has 0 saturated heterocycles. The third kappa shape index (κ3) is 4.16. The van der Waals surface area contributed by atoms with Crippen LogP contribution in [0.15, 0.2) is 102 Å². The van der Waals surface area contributed by atoms with Crippen LogP contribution in [0, 0.1) is 6.92 Å². The van der Waals surface area contributed by atoms with E-state index >= 15 is 0 Å². The first-order chi connectivity index (χ1) is 17.3. The first-order valence-electron chi connectivity index (χ1n) is 11.1. The van der Waals surface area contributed by atoms with Crippen LogP contribution in [-0.2, 0) is 20.6 Å². The monoisotopic (exact) mass is 502 g/mol. The van der Waals surface area contributed by atoms with Crippen molar-refractivity contribution in [1.29, 1.82) is 0 Å². The third-order valence-corrected chi connectivity index (χ3v) is 7.02. The smallest absolute Gasteiger partial charge is 0.341 e. The van der Waals surface area contributed by atoms with E-state index in [1.54, 1.807) is 12.1 Å². The molecule has 0 radical (unpaired) electrons. The molecule has 0 fully saturated rings. The number of esters is 1. The van der Waals surface area contributed by atoms with Crippen LogP contribution in [0.3, 0.4) is 0 Å². The van der Waals surface area contributed by atoms with Gasteiger partial charge in [-0.15, -0.1) is 0 Å². The molecule has 0 saturated carbocycles. The minimum Gasteiger partial charge on any atom is -0.465 e. The van der Waals surface area contributed by atoms with Crippen LogP contribution in [0.4, 0.5) is 0 Å². The SMILES string of the molecule is COC(=O)c1cc2c(cc1OS(=O)(=O)c1ccc(C)cc1)OC(c1ccccc1)(c1ccccc1)O2. The molecule has 182 valence electrons. The maximum Gasteiger partial charge on any atom is 0.341 e. The van der Waals surface area contributed by atoms with Gasteiger partial charge in [-0.1, -0.05) is 78.4 Å². The number of fused-ring (bicyclic) bond motifs is 1. The topological polar surface area (TPSA) is 88.1 Å². The highest BCUT2D eigenvalue weighted by molar-refractivity contribution is 7.87. The summed E-state index contributed by atoms with van der Waals surface area (Å²) in [5, 5.41) is 0. The molecule has 0 spiro atoms. The van der Waals surface area contributed by atoms with E-state index in [0.717, 1.165) is 5.56 Å². The zero-order valence-electron chi connectivity index (χ0n) is 19.5. The molecule has 0 aliphatic carbocycles. The van der Waals surface area contributed by atoms with Crippen molar-refractivity contribution in [3.05, 3.63) is 119 Å². The quantitative estimate of drug-likeness (QED) is 0.264. The Bertz CT molecular complexity index is 1470. The van der Waals surface area contributed by atoms with Gasteiger partial charge in [-0.05, 0) is 19.1 Å². The minimum atomic E-state index is -4.25. The molecule has 0 amide bonds. The van der Waals surface area contributed by atoms with Crippen molar-refractivity contribution in [3.8, 4) is 17.2 Å². The zero-order chi connectivity index (χ0) is 25.3. The first kappa shape index (κ1) is 23.4. The first-order valence-corrected chi connectivity index (χ1v) is 12.5. The molecule has 0 aromatic heterocycles. The molecule has 8 heteroatoms. The Morgan fingerprint density at radius 1 is 0.778 bits per heavy atom. The van der Waals surface area contributed by atoms with E-state index < -0.39 is 21.9 Å². The molecule has 1 aliphatic rings. The number of carbonyl (C=O) groups is 1. The van der Waals surface area contributed by atoms with Crippen molar-refractivity contribution < 1.29 is 31.6 Å². The Labute approximate surface area is 209 Å². The van der Waals surface area contributed by atoms with Crippen LogP contribution in [0.1, 0.15) is 27.0 Å². The second kappa shape index (κ2) is 9.05. The molecular formula is C28H22O7S. The number of aryl methyl sites for hydroxylation is 1. The van der Waals surface area contributed by atoms with Gasteiger partial charge in [-0.2, -0.15) is 8.42 Å². The number of rotatable bonds is 6. The van der Waals surface area contributed by atoms with Gasteiger partial charge in [0.25, 0.3) is 0 Å². The third-order valence-electron chi connectivity index (χ3n) is 5.78. The van der Waals surface area contributed by atoms with E-state index in [9.17, 15) is 13.2 Å². The van der Waals surface area contributed by atoms with E-state index in [2.05, 4.69) is 0 Å². The van der Waals surface area contributed by atoms with Crippen LogP contribution in [-0.4, -0.2) is 21.5 Å². The summed E-state index contributed by atoms with van der Waals surface area (Å²) in [6, 6.07) is 27.5. The molecule has 0 unspecified atom stereocenters. The number of hydrogen-bond donors (Lipinski definition) is 0. The van der Waals surface area contributed by atoms with Crippen LogP contribution < -0.4 is 13.7 Å². The van der Waals surface area contributed by atoms with Gasteiger partial charge in [0.15, 0.2) is 17.2 Å². The van der Waals surface area contributed by atoms with Crippen molar-refractivity contribution in [2.45, 2.75) is 17.6 Å². The molecular weight excluding hydrogens is 480 g/mol. The number of methoxy groups -OCH3 is 1. The average Bonchev–Trinajstić information content (AvgIpc) is 3.28. The van der Waals surface area contributed by atoms with Gasteiger partial charge >= 0.3 is 21.9 Å². The van der Waals surface area contributed by atoms with Crippen molar-refractivity contribution in [2.24, 2.45) is 0 Å². The highest BCUT2D eigenvalue weighted by Gasteiger charge is 2.46. The van der Waals surface area contributed by atoms with E-state index in [1.165, 1.54) is 31.4 Å². The van der Waals surface area contributed by atoms with E-state index in [-0.39, 0.29) is 27.7 Å². The Morgan fingerprint density at radius 2 is 1.31 bits per heavy atom. The summed E-state index contributed by atoms with van der Waals surface area (Å²) < 4.78 is 49.0. The lowest BCUT2D eigenvalue weighted by Gasteiger charge is -2.28. The molecule has 4 aromatic rings. The van der Waals surface area contributed by atoms with Crippen molar-refractivity contribution in [1.82, 2.24) is 0 Å². The normalized spacial score (nSPS) is 13.7. The van der Waals surface area contributed by atoms with Gasteiger partial charge in [0, 0.05) is 23.3 Å². The fourth-order valence-electron chi connectivity index (χ4n) is 3.96. The summed E-state index contributed by atoms with van der Waals surface area (Å²) >= 11 is 0. The molecule has 1 heterocycles. The van der Waals surface area contributed by atoms with Crippen LogP contribution >= 0.6 is 0 Å². The van der Waals surface area contributed by atoms with Crippen molar-refractivity contribution in [3.63, 3.8) is 0 Å². The molecule has 0 N–H and O–H groups in total. The van der Waals surface area contributed by atoms with E-state index in [1.807, 2.05) is 67.6 Å². The van der Waals surface area contributed by atoms with Gasteiger partial charge in [0.1, 0.15) is 10.5 Å². The van der Waals surface area contributed by atoms with Gasteiger partial charge < -0.3 is 18.4 Å². The predicted octanol–water partition coefficient (Wildman–Crippen LogP) is 5.22. The predicted molar refractivity (Wildman–Crippen MR) is 132 cm³/mol. The number of carbonyl (C=O) groups excluding carboxylic acids is 1. The molecule has 0 atom stereocenters. The average molecular weight is 503 g/mol. The van der Waals surface area contributed by atoms with Crippen LogP contribution in [0.2, 0.25) is 0 Å². The standard InChI is InChI=1S/C28H22O7S/c1-19-13-15-22(16-14-19)36(30,31)35-24-18-26-25(17-23(24)27(29)32-2)33-28(34-26,20-9-5-3-6-10-20)21-11-7-4-8-12-21/h3-18H,1-2H3. The molecule has 4 aromatic carbocycles. The lowest BCUT2D eigenvalue weighted by atomic mass is 9.97. The lowest BCUT2D eigenvalue weighted by Crippen LogP contribution is -2.36. The van der Waals surface area contributed by atoms with E-state index in [0.29, 0.717) is 11.1 Å². The molecule has 36 heavy (non-hydrogen) atoms. The Balaban J connectivity index is 1.61. The summed E-state index contributed by atoms with van der Waals surface area (Å²) in [5.74, 6) is -1.92. The number of ether oxygens (including phenoxy) is 3. The van der Waals surface area contributed by atoms with E-state index in [4.69, 9.17) is 18.4 Å². The lowest BCUT2D eigenvalue weighted by molar-refractivity contribution is -0.0459.